The van der Waals surface area contributed by atoms with Gasteiger partial charge in [-0.2, -0.15) is 0 Å². The van der Waals surface area contributed by atoms with Gasteiger partial charge in [0, 0.05) is 25.2 Å². The average molecular weight is 383 g/mol. The quantitative estimate of drug-likeness (QED) is 0.659. The van der Waals surface area contributed by atoms with Crippen molar-refractivity contribution in [3.05, 3.63) is 59.3 Å². The number of carbonyl (C=O) groups is 1. The van der Waals surface area contributed by atoms with Crippen molar-refractivity contribution in [3.63, 3.8) is 0 Å². The van der Waals surface area contributed by atoms with Gasteiger partial charge >= 0.3 is 0 Å². The topological polar surface area (TPSA) is 46.9 Å². The fourth-order valence-electron chi connectivity index (χ4n) is 3.89. The molecule has 6 heteroatoms. The Morgan fingerprint density at radius 1 is 1.21 bits per heavy atom. The monoisotopic (exact) mass is 383 g/mol. The first-order chi connectivity index (χ1) is 13.3. The summed E-state index contributed by atoms with van der Waals surface area (Å²) in [4.78, 5) is 17.0. The zero-order valence-corrected chi connectivity index (χ0v) is 16.1. The second kappa shape index (κ2) is 7.00. The molecule has 4 nitrogen and oxygen atoms in total. The molecule has 0 saturated heterocycles. The lowest BCUT2D eigenvalue weighted by Crippen LogP contribution is -2.31. The second-order valence-corrected chi connectivity index (χ2v) is 8.17. The number of pyridine rings is 1. The normalized spacial score (nSPS) is 15.4. The molecule has 2 aromatic heterocycles. The minimum Gasteiger partial charge on any atom is -0.342 e. The molecule has 4 rings (SSSR count). The molecule has 0 spiro atoms. The average Bonchev–Trinajstić information content (AvgIpc) is 2.94. The first-order valence-electron chi connectivity index (χ1n) is 9.53. The van der Waals surface area contributed by atoms with Crippen LogP contribution in [0.4, 0.5) is 14.6 Å². The van der Waals surface area contributed by atoms with E-state index in [2.05, 4.69) is 17.2 Å². The second-order valence-electron chi connectivity index (χ2n) is 8.17. The molecule has 146 valence electrons. The molecule has 1 aliphatic rings. The Hall–Kier alpha value is -2.76. The molecule has 0 radical (unpaired) electrons. The number of fused-ring (bicyclic) bond motifs is 1. The van der Waals surface area contributed by atoms with E-state index in [1.807, 2.05) is 29.8 Å². The number of hydrogen-bond donors (Lipinski definition) is 1. The van der Waals surface area contributed by atoms with Crippen molar-refractivity contribution in [2.45, 2.75) is 46.1 Å². The largest absolute Gasteiger partial charge is 0.342 e. The van der Waals surface area contributed by atoms with Gasteiger partial charge in [-0.15, -0.1) is 0 Å². The highest BCUT2D eigenvalue weighted by atomic mass is 19.1. The molecule has 1 fully saturated rings. The lowest BCUT2D eigenvalue weighted by atomic mass is 9.68. The number of carbonyl (C=O) groups excluding carboxylic acids is 1. The highest BCUT2D eigenvalue weighted by Gasteiger charge is 2.34. The van der Waals surface area contributed by atoms with Crippen molar-refractivity contribution < 1.29 is 13.6 Å². The molecule has 1 N–H and O–H groups in total. The fourth-order valence-corrected chi connectivity index (χ4v) is 3.89. The Balaban J connectivity index is 1.55. The molecule has 0 aliphatic heterocycles. The van der Waals surface area contributed by atoms with Crippen molar-refractivity contribution in [1.29, 1.82) is 0 Å². The number of nitrogens with one attached hydrogen (secondary N) is 1. The van der Waals surface area contributed by atoms with Crippen LogP contribution >= 0.6 is 0 Å². The van der Waals surface area contributed by atoms with Crippen LogP contribution in [0.25, 0.3) is 11.0 Å². The van der Waals surface area contributed by atoms with Crippen molar-refractivity contribution in [2.75, 3.05) is 5.32 Å². The van der Waals surface area contributed by atoms with Gasteiger partial charge in [0.1, 0.15) is 17.5 Å². The minimum atomic E-state index is -0.592. The van der Waals surface area contributed by atoms with Crippen LogP contribution < -0.4 is 5.32 Å². The SMILES string of the molecule is Cc1cc2c(ccn2Cc2cc(F)cc(F)c2)nc1NC(=O)CC1(C)CCC1. The third-order valence-electron chi connectivity index (χ3n) is 5.62. The smallest absolute Gasteiger partial charge is 0.226 e. The van der Waals surface area contributed by atoms with E-state index < -0.39 is 11.6 Å². The Labute approximate surface area is 162 Å². The molecule has 0 bridgehead atoms. The first kappa shape index (κ1) is 18.6. The number of hydrogen-bond acceptors (Lipinski definition) is 2. The van der Waals surface area contributed by atoms with Crippen LogP contribution in [0.15, 0.2) is 36.5 Å². The van der Waals surface area contributed by atoms with Crippen LogP contribution in [0.3, 0.4) is 0 Å². The third-order valence-corrected chi connectivity index (χ3v) is 5.62. The third kappa shape index (κ3) is 3.77. The van der Waals surface area contributed by atoms with Crippen LogP contribution in [0.1, 0.15) is 43.7 Å². The molecule has 0 unspecified atom stereocenters. The van der Waals surface area contributed by atoms with Gasteiger partial charge < -0.3 is 9.88 Å². The number of anilines is 1. The van der Waals surface area contributed by atoms with E-state index in [1.165, 1.54) is 18.6 Å². The number of benzene rings is 1. The van der Waals surface area contributed by atoms with E-state index in [0.29, 0.717) is 24.3 Å². The van der Waals surface area contributed by atoms with Crippen molar-refractivity contribution in [2.24, 2.45) is 5.41 Å². The summed E-state index contributed by atoms with van der Waals surface area (Å²) in [5.41, 5.74) is 3.09. The molecule has 1 aliphatic carbocycles. The minimum absolute atomic E-state index is 0.00758. The number of rotatable bonds is 5. The molecule has 1 amide bonds. The van der Waals surface area contributed by atoms with E-state index in [1.54, 1.807) is 0 Å². The van der Waals surface area contributed by atoms with Crippen LogP contribution in [-0.4, -0.2) is 15.5 Å². The Bertz CT molecular complexity index is 1030. The van der Waals surface area contributed by atoms with Crippen molar-refractivity contribution in [1.82, 2.24) is 9.55 Å². The first-order valence-corrected chi connectivity index (χ1v) is 9.53. The molecule has 1 saturated carbocycles. The van der Waals surface area contributed by atoms with Crippen LogP contribution in [0, 0.1) is 24.0 Å². The highest BCUT2D eigenvalue weighted by molar-refractivity contribution is 5.92. The summed E-state index contributed by atoms with van der Waals surface area (Å²) in [6.45, 7) is 4.38. The summed E-state index contributed by atoms with van der Waals surface area (Å²) in [5, 5.41) is 2.94. The number of nitrogens with zero attached hydrogens (tertiary/aromatic N) is 2. The van der Waals surface area contributed by atoms with Gasteiger partial charge in [0.25, 0.3) is 0 Å². The Kier molecular flexibility index (Phi) is 4.65. The summed E-state index contributed by atoms with van der Waals surface area (Å²) in [6, 6.07) is 7.30. The fraction of sp³-hybridized carbons (Fsp3) is 0.364. The van der Waals surface area contributed by atoms with Gasteiger partial charge in [-0.25, -0.2) is 13.8 Å². The zero-order valence-electron chi connectivity index (χ0n) is 16.1. The van der Waals surface area contributed by atoms with Gasteiger partial charge in [0.15, 0.2) is 0 Å². The molecule has 28 heavy (non-hydrogen) atoms. The predicted octanol–water partition coefficient (Wildman–Crippen LogP) is 5.19. The maximum atomic E-state index is 13.5. The molecule has 2 heterocycles. The van der Waals surface area contributed by atoms with Crippen molar-refractivity contribution >= 4 is 22.8 Å². The van der Waals surface area contributed by atoms with Gasteiger partial charge in [-0.3, -0.25) is 4.79 Å². The number of amides is 1. The van der Waals surface area contributed by atoms with Crippen LogP contribution in [0.5, 0.6) is 0 Å². The summed E-state index contributed by atoms with van der Waals surface area (Å²) < 4.78 is 28.8. The molecule has 1 aromatic carbocycles. The van der Waals surface area contributed by atoms with Crippen molar-refractivity contribution in [3.8, 4) is 0 Å². The van der Waals surface area contributed by atoms with Crippen LogP contribution in [0.2, 0.25) is 0 Å². The standard InChI is InChI=1S/C22H23F2N3O/c1-14-8-19-18(25-21(14)26-20(28)12-22(2)5-3-6-22)4-7-27(19)13-15-9-16(23)11-17(24)10-15/h4,7-11H,3,5-6,12-13H2,1-2H3,(H,25,26,28). The van der Waals surface area contributed by atoms with E-state index in [-0.39, 0.29) is 11.3 Å². The molecular formula is C22H23F2N3O. The lowest BCUT2D eigenvalue weighted by molar-refractivity contribution is -0.119. The maximum absolute atomic E-state index is 13.5. The zero-order chi connectivity index (χ0) is 19.9. The van der Waals surface area contributed by atoms with E-state index >= 15 is 0 Å². The van der Waals surface area contributed by atoms with E-state index in [4.69, 9.17) is 0 Å². The highest BCUT2D eigenvalue weighted by Crippen LogP contribution is 2.43. The van der Waals surface area contributed by atoms with Gasteiger partial charge in [0.05, 0.1) is 11.0 Å². The summed E-state index contributed by atoms with van der Waals surface area (Å²) in [6.07, 6.45) is 5.72. The van der Waals surface area contributed by atoms with Crippen LogP contribution in [-0.2, 0) is 11.3 Å². The molecule has 3 aromatic rings. The maximum Gasteiger partial charge on any atom is 0.226 e. The summed E-state index contributed by atoms with van der Waals surface area (Å²) in [5.74, 6) is -0.626. The number of halogens is 2. The van der Waals surface area contributed by atoms with E-state index in [9.17, 15) is 13.6 Å². The lowest BCUT2D eigenvalue weighted by Gasteiger charge is -2.37. The summed E-state index contributed by atoms with van der Waals surface area (Å²) >= 11 is 0. The number of aromatic nitrogens is 2. The molecular weight excluding hydrogens is 360 g/mol. The Morgan fingerprint density at radius 3 is 2.57 bits per heavy atom. The Morgan fingerprint density at radius 2 is 1.93 bits per heavy atom. The van der Waals surface area contributed by atoms with Gasteiger partial charge in [-0.1, -0.05) is 13.3 Å². The number of aryl methyl sites for hydroxylation is 1. The predicted molar refractivity (Wildman–Crippen MR) is 105 cm³/mol. The van der Waals surface area contributed by atoms with Gasteiger partial charge in [0.2, 0.25) is 5.91 Å². The molecule has 0 atom stereocenters. The summed E-state index contributed by atoms with van der Waals surface area (Å²) in [7, 11) is 0. The van der Waals surface area contributed by atoms with E-state index in [0.717, 1.165) is 35.5 Å². The van der Waals surface area contributed by atoms with Gasteiger partial charge in [-0.05, 0) is 60.6 Å².